The predicted molar refractivity (Wildman–Crippen MR) is 175 cm³/mol. The van der Waals surface area contributed by atoms with Crippen molar-refractivity contribution < 1.29 is 18.0 Å². The van der Waals surface area contributed by atoms with E-state index in [0.29, 0.717) is 27.7 Å². The second-order valence-corrected chi connectivity index (χ2v) is 13.8. The molecule has 0 aliphatic carbocycles. The van der Waals surface area contributed by atoms with Gasteiger partial charge in [-0.25, -0.2) is 8.42 Å². The Hall–Kier alpha value is -3.07. The van der Waals surface area contributed by atoms with Gasteiger partial charge in [0.2, 0.25) is 11.8 Å². The Bertz CT molecular complexity index is 1510. The maximum Gasteiger partial charge on any atom is 0.264 e. The normalized spacial score (nSPS) is 13.0. The fourth-order valence-corrected chi connectivity index (χ4v) is 6.32. The minimum absolute atomic E-state index is 0.0346. The van der Waals surface area contributed by atoms with Crippen LogP contribution in [0.4, 0.5) is 5.69 Å². The summed E-state index contributed by atoms with van der Waals surface area (Å²) < 4.78 is 29.2. The first-order chi connectivity index (χ1) is 20.3. The van der Waals surface area contributed by atoms with Gasteiger partial charge in [0.1, 0.15) is 12.6 Å². The van der Waals surface area contributed by atoms with Gasteiger partial charge in [-0.05, 0) is 80.1 Å². The monoisotopic (exact) mass is 645 g/mol. The van der Waals surface area contributed by atoms with Crippen molar-refractivity contribution in [3.63, 3.8) is 0 Å². The van der Waals surface area contributed by atoms with E-state index in [1.54, 1.807) is 42.5 Å². The third kappa shape index (κ3) is 8.74. The fourth-order valence-electron chi connectivity index (χ4n) is 4.59. The van der Waals surface area contributed by atoms with E-state index in [1.165, 1.54) is 17.0 Å². The van der Waals surface area contributed by atoms with Gasteiger partial charge >= 0.3 is 0 Å². The number of hydrogen-bond donors (Lipinski definition) is 1. The Balaban J connectivity index is 2.09. The third-order valence-electron chi connectivity index (χ3n) is 7.46. The smallest absolute Gasteiger partial charge is 0.264 e. The molecule has 0 saturated carbocycles. The number of aryl methyl sites for hydroxylation is 1. The number of amides is 2. The number of anilines is 1. The van der Waals surface area contributed by atoms with E-state index < -0.39 is 28.5 Å². The van der Waals surface area contributed by atoms with Crippen molar-refractivity contribution in [2.45, 2.75) is 83.8 Å². The number of carbonyl (C=O) groups excluding carboxylic acids is 2. The molecule has 0 heterocycles. The molecule has 0 aromatic heterocycles. The molecule has 0 saturated heterocycles. The molecule has 0 bridgehead atoms. The molecule has 0 radical (unpaired) electrons. The summed E-state index contributed by atoms with van der Waals surface area (Å²) in [4.78, 5) is 29.1. The Morgan fingerprint density at radius 2 is 1.49 bits per heavy atom. The lowest BCUT2D eigenvalue weighted by atomic mass is 10.0. The highest BCUT2D eigenvalue weighted by atomic mass is 35.5. The van der Waals surface area contributed by atoms with Crippen molar-refractivity contribution in [2.75, 3.05) is 10.8 Å². The van der Waals surface area contributed by atoms with E-state index in [-0.39, 0.29) is 29.3 Å². The first-order valence-electron chi connectivity index (χ1n) is 14.5. The van der Waals surface area contributed by atoms with Crippen molar-refractivity contribution in [3.8, 4) is 0 Å². The van der Waals surface area contributed by atoms with Gasteiger partial charge in [0.25, 0.3) is 10.0 Å². The van der Waals surface area contributed by atoms with Crippen LogP contribution in [-0.2, 0) is 26.2 Å². The van der Waals surface area contributed by atoms with Gasteiger partial charge in [-0.1, -0.05) is 86.8 Å². The molecule has 0 fully saturated rings. The number of sulfonamides is 1. The lowest BCUT2D eigenvalue weighted by Crippen LogP contribution is -2.53. The van der Waals surface area contributed by atoms with Crippen molar-refractivity contribution in [2.24, 2.45) is 0 Å². The molecule has 3 aromatic rings. The topological polar surface area (TPSA) is 86.8 Å². The van der Waals surface area contributed by atoms with Gasteiger partial charge in [0.05, 0.1) is 20.6 Å². The molecule has 3 rings (SSSR count). The highest BCUT2D eigenvalue weighted by Crippen LogP contribution is 2.28. The second kappa shape index (κ2) is 15.1. The Labute approximate surface area is 266 Å². The number of nitrogens with one attached hydrogen (secondary N) is 1. The first kappa shape index (κ1) is 34.4. The third-order valence-corrected chi connectivity index (χ3v) is 9.99. The number of benzene rings is 3. The van der Waals surface area contributed by atoms with Crippen LogP contribution in [0.25, 0.3) is 0 Å². The zero-order valence-corrected chi connectivity index (χ0v) is 27.9. The summed E-state index contributed by atoms with van der Waals surface area (Å²) >= 11 is 12.4. The maximum absolute atomic E-state index is 14.2. The molecule has 1 N–H and O–H groups in total. The van der Waals surface area contributed by atoms with E-state index in [9.17, 15) is 18.0 Å². The van der Waals surface area contributed by atoms with E-state index in [1.807, 2.05) is 39.8 Å². The highest BCUT2D eigenvalue weighted by Gasteiger charge is 2.34. The number of halogens is 2. The van der Waals surface area contributed by atoms with E-state index >= 15 is 0 Å². The average Bonchev–Trinajstić information content (AvgIpc) is 2.97. The van der Waals surface area contributed by atoms with E-state index in [4.69, 9.17) is 23.2 Å². The summed E-state index contributed by atoms with van der Waals surface area (Å²) in [5, 5.41) is 3.66. The molecule has 0 aliphatic rings. The summed E-state index contributed by atoms with van der Waals surface area (Å²) in [7, 11) is -4.15. The van der Waals surface area contributed by atoms with Gasteiger partial charge in [0.15, 0.2) is 0 Å². The second-order valence-electron chi connectivity index (χ2n) is 11.1. The van der Waals surface area contributed by atoms with Crippen molar-refractivity contribution in [1.82, 2.24) is 10.2 Å². The first-order valence-corrected chi connectivity index (χ1v) is 16.7. The van der Waals surface area contributed by atoms with Crippen molar-refractivity contribution in [3.05, 3.63) is 93.5 Å². The number of nitrogens with zero attached hydrogens (tertiary/aromatic N) is 2. The summed E-state index contributed by atoms with van der Waals surface area (Å²) in [6, 6.07) is 17.7. The predicted octanol–water partition coefficient (Wildman–Crippen LogP) is 7.34. The SMILES string of the molecule is CC[C@@H](C)NC(=O)[C@H](CC)N(Cc1ccc(Cl)c(Cl)c1)C(=O)CN(c1ccc(C(C)C)cc1)S(=O)(=O)c1ccc(C)cc1. The summed E-state index contributed by atoms with van der Waals surface area (Å²) in [6.07, 6.45) is 1.04. The molecule has 43 heavy (non-hydrogen) atoms. The number of rotatable bonds is 13. The maximum atomic E-state index is 14.2. The summed E-state index contributed by atoms with van der Waals surface area (Å²) in [5.41, 5.74) is 2.96. The molecule has 7 nitrogen and oxygen atoms in total. The van der Waals surface area contributed by atoms with Crippen LogP contribution in [-0.4, -0.2) is 43.8 Å². The Morgan fingerprint density at radius 3 is 2.02 bits per heavy atom. The molecular weight excluding hydrogens is 605 g/mol. The summed E-state index contributed by atoms with van der Waals surface area (Å²) in [6.45, 7) is 11.2. The molecular formula is C33H41Cl2N3O4S. The van der Waals surface area contributed by atoms with Crippen LogP contribution in [0.1, 0.15) is 70.1 Å². The van der Waals surface area contributed by atoms with Gasteiger partial charge in [-0.2, -0.15) is 0 Å². The Morgan fingerprint density at radius 1 is 0.860 bits per heavy atom. The van der Waals surface area contributed by atoms with Crippen molar-refractivity contribution in [1.29, 1.82) is 0 Å². The fraction of sp³-hybridized carbons (Fsp3) is 0.394. The molecule has 0 aliphatic heterocycles. The molecule has 2 atom stereocenters. The number of hydrogen-bond acceptors (Lipinski definition) is 4. The van der Waals surface area contributed by atoms with Gasteiger partial charge in [-0.3, -0.25) is 13.9 Å². The van der Waals surface area contributed by atoms with Gasteiger partial charge in [-0.15, -0.1) is 0 Å². The molecule has 0 spiro atoms. The van der Waals surface area contributed by atoms with Crippen LogP contribution >= 0.6 is 23.2 Å². The molecule has 0 unspecified atom stereocenters. The minimum atomic E-state index is -4.15. The minimum Gasteiger partial charge on any atom is -0.352 e. The van der Waals surface area contributed by atoms with E-state index in [2.05, 4.69) is 19.2 Å². The van der Waals surface area contributed by atoms with Gasteiger partial charge in [0, 0.05) is 12.6 Å². The average molecular weight is 647 g/mol. The standard InChI is InChI=1S/C33H41Cl2N3O4S/c1-7-24(6)36-33(40)31(8-2)37(20-25-11-18-29(34)30(35)19-25)32(39)21-38(27-14-12-26(13-15-27)22(3)4)43(41,42)28-16-9-23(5)10-17-28/h9-19,22,24,31H,7-8,20-21H2,1-6H3,(H,36,40)/t24-,31+/m1/s1. The summed E-state index contributed by atoms with van der Waals surface area (Å²) in [5.74, 6) is -0.589. The zero-order valence-electron chi connectivity index (χ0n) is 25.6. The quantitative estimate of drug-likeness (QED) is 0.211. The molecule has 232 valence electrons. The Kier molecular flexibility index (Phi) is 12.1. The lowest BCUT2D eigenvalue weighted by molar-refractivity contribution is -0.140. The largest absolute Gasteiger partial charge is 0.352 e. The molecule has 3 aromatic carbocycles. The van der Waals surface area contributed by atoms with Gasteiger partial charge < -0.3 is 10.2 Å². The van der Waals surface area contributed by atoms with Crippen LogP contribution in [0.15, 0.2) is 71.6 Å². The van der Waals surface area contributed by atoms with Crippen LogP contribution in [0.3, 0.4) is 0 Å². The van der Waals surface area contributed by atoms with Crippen LogP contribution in [0.5, 0.6) is 0 Å². The number of carbonyl (C=O) groups is 2. The van der Waals surface area contributed by atoms with Crippen molar-refractivity contribution >= 4 is 50.7 Å². The zero-order chi connectivity index (χ0) is 31.9. The lowest BCUT2D eigenvalue weighted by Gasteiger charge is -2.34. The van der Waals surface area contributed by atoms with E-state index in [0.717, 1.165) is 21.9 Å². The van der Waals surface area contributed by atoms with Crippen LogP contribution in [0.2, 0.25) is 10.0 Å². The highest BCUT2D eigenvalue weighted by molar-refractivity contribution is 7.92. The van der Waals surface area contributed by atoms with Crippen LogP contribution in [0, 0.1) is 6.92 Å². The van der Waals surface area contributed by atoms with Crippen LogP contribution < -0.4 is 9.62 Å². The molecule has 2 amide bonds. The molecule has 10 heteroatoms.